The van der Waals surface area contributed by atoms with E-state index in [0.717, 1.165) is 29.0 Å². The third-order valence-corrected chi connectivity index (χ3v) is 2.50. The van der Waals surface area contributed by atoms with Crippen molar-refractivity contribution in [2.45, 2.75) is 26.3 Å². The van der Waals surface area contributed by atoms with Gasteiger partial charge in [0.2, 0.25) is 0 Å². The molecule has 1 rings (SSSR count). The predicted molar refractivity (Wildman–Crippen MR) is 61.5 cm³/mol. The molecule has 1 aromatic rings. The summed E-state index contributed by atoms with van der Waals surface area (Å²) in [5.74, 6) is 1.61. The van der Waals surface area contributed by atoms with E-state index in [2.05, 4.69) is 0 Å². The van der Waals surface area contributed by atoms with Gasteiger partial charge in [0, 0.05) is 6.04 Å². The fourth-order valence-electron chi connectivity index (χ4n) is 1.64. The first-order chi connectivity index (χ1) is 7.13. The molecule has 3 heteroatoms. The molecule has 0 unspecified atom stereocenters. The molecule has 84 valence electrons. The molecular formula is C12H19NO2. The Morgan fingerprint density at radius 2 is 1.67 bits per heavy atom. The van der Waals surface area contributed by atoms with Gasteiger partial charge in [-0.15, -0.1) is 0 Å². The Kier molecular flexibility index (Phi) is 3.97. The van der Waals surface area contributed by atoms with E-state index in [4.69, 9.17) is 15.2 Å². The van der Waals surface area contributed by atoms with E-state index >= 15 is 0 Å². The lowest BCUT2D eigenvalue weighted by Gasteiger charge is -2.18. The maximum atomic E-state index is 6.04. The first-order valence-corrected chi connectivity index (χ1v) is 5.12. The van der Waals surface area contributed by atoms with Gasteiger partial charge in [0.1, 0.15) is 11.5 Å². The standard InChI is InChI=1S/C12H19NO2/c1-5-9(13)12-10(14-3)6-8(2)7-11(12)15-4/h6-7,9H,5,13H2,1-4H3/t9-/m1/s1. The highest BCUT2D eigenvalue weighted by Crippen LogP contribution is 2.35. The van der Waals surface area contributed by atoms with E-state index < -0.39 is 0 Å². The zero-order chi connectivity index (χ0) is 11.4. The van der Waals surface area contributed by atoms with Gasteiger partial charge in [0.25, 0.3) is 0 Å². The molecule has 2 N–H and O–H groups in total. The van der Waals surface area contributed by atoms with Crippen molar-refractivity contribution < 1.29 is 9.47 Å². The molecule has 0 saturated heterocycles. The second-order valence-electron chi connectivity index (χ2n) is 3.60. The molecule has 0 aliphatic rings. The van der Waals surface area contributed by atoms with Crippen LogP contribution in [0.5, 0.6) is 11.5 Å². The van der Waals surface area contributed by atoms with Gasteiger partial charge >= 0.3 is 0 Å². The molecule has 0 aliphatic carbocycles. The average Bonchev–Trinajstić information content (AvgIpc) is 2.26. The lowest BCUT2D eigenvalue weighted by atomic mass is 10.0. The lowest BCUT2D eigenvalue weighted by molar-refractivity contribution is 0.377. The van der Waals surface area contributed by atoms with Crippen LogP contribution < -0.4 is 15.2 Å². The Balaban J connectivity index is 3.30. The Bertz CT molecular complexity index is 311. The summed E-state index contributed by atoms with van der Waals surface area (Å²) in [6, 6.07) is 3.91. The summed E-state index contributed by atoms with van der Waals surface area (Å²) in [4.78, 5) is 0. The normalized spacial score (nSPS) is 12.3. The molecule has 0 saturated carbocycles. The number of methoxy groups -OCH3 is 2. The summed E-state index contributed by atoms with van der Waals surface area (Å²) in [6.45, 7) is 4.05. The van der Waals surface area contributed by atoms with Crippen molar-refractivity contribution in [1.82, 2.24) is 0 Å². The summed E-state index contributed by atoms with van der Waals surface area (Å²) in [5.41, 5.74) is 8.10. The van der Waals surface area contributed by atoms with Crippen molar-refractivity contribution in [2.24, 2.45) is 5.73 Å². The van der Waals surface area contributed by atoms with Gasteiger partial charge in [-0.2, -0.15) is 0 Å². The fourth-order valence-corrected chi connectivity index (χ4v) is 1.64. The third-order valence-electron chi connectivity index (χ3n) is 2.50. The number of rotatable bonds is 4. The molecule has 0 aromatic heterocycles. The molecule has 0 spiro atoms. The molecule has 0 heterocycles. The monoisotopic (exact) mass is 209 g/mol. The fraction of sp³-hybridized carbons (Fsp3) is 0.500. The van der Waals surface area contributed by atoms with Crippen molar-refractivity contribution in [1.29, 1.82) is 0 Å². The van der Waals surface area contributed by atoms with Crippen LogP contribution in [0, 0.1) is 6.92 Å². The maximum absolute atomic E-state index is 6.04. The van der Waals surface area contributed by atoms with Crippen LogP contribution >= 0.6 is 0 Å². The van der Waals surface area contributed by atoms with Crippen molar-refractivity contribution in [3.63, 3.8) is 0 Å². The van der Waals surface area contributed by atoms with Crippen LogP contribution in [0.4, 0.5) is 0 Å². The Morgan fingerprint density at radius 3 is 2.00 bits per heavy atom. The van der Waals surface area contributed by atoms with Gasteiger partial charge in [0.15, 0.2) is 0 Å². The number of benzene rings is 1. The molecular weight excluding hydrogens is 190 g/mol. The third kappa shape index (κ3) is 2.42. The minimum Gasteiger partial charge on any atom is -0.496 e. The zero-order valence-electron chi connectivity index (χ0n) is 9.83. The van der Waals surface area contributed by atoms with Gasteiger partial charge in [0.05, 0.1) is 19.8 Å². The van der Waals surface area contributed by atoms with E-state index in [-0.39, 0.29) is 6.04 Å². The van der Waals surface area contributed by atoms with Crippen molar-refractivity contribution in [3.05, 3.63) is 23.3 Å². The van der Waals surface area contributed by atoms with Crippen LogP contribution in [0.25, 0.3) is 0 Å². The van der Waals surface area contributed by atoms with Crippen LogP contribution in [0.1, 0.15) is 30.5 Å². The highest BCUT2D eigenvalue weighted by molar-refractivity contribution is 5.49. The number of aryl methyl sites for hydroxylation is 1. The predicted octanol–water partition coefficient (Wildman–Crippen LogP) is 2.42. The second kappa shape index (κ2) is 5.03. The lowest BCUT2D eigenvalue weighted by Crippen LogP contribution is -2.12. The van der Waals surface area contributed by atoms with E-state index in [1.54, 1.807) is 14.2 Å². The minimum atomic E-state index is -0.0458. The van der Waals surface area contributed by atoms with E-state index in [1.165, 1.54) is 0 Å². The molecule has 1 aromatic carbocycles. The SMILES string of the molecule is CC[C@@H](N)c1c(OC)cc(C)cc1OC. The molecule has 3 nitrogen and oxygen atoms in total. The van der Waals surface area contributed by atoms with E-state index in [1.807, 2.05) is 26.0 Å². The number of hydrogen-bond acceptors (Lipinski definition) is 3. The first kappa shape index (κ1) is 11.9. The average molecular weight is 209 g/mol. The molecule has 0 radical (unpaired) electrons. The van der Waals surface area contributed by atoms with Crippen LogP contribution in [0.15, 0.2) is 12.1 Å². The van der Waals surface area contributed by atoms with Crippen molar-refractivity contribution >= 4 is 0 Å². The smallest absolute Gasteiger partial charge is 0.127 e. The molecule has 0 fully saturated rings. The van der Waals surface area contributed by atoms with Gasteiger partial charge in [-0.3, -0.25) is 0 Å². The summed E-state index contributed by atoms with van der Waals surface area (Å²) < 4.78 is 10.7. The Hall–Kier alpha value is -1.22. The first-order valence-electron chi connectivity index (χ1n) is 5.12. The highest BCUT2D eigenvalue weighted by Gasteiger charge is 2.16. The van der Waals surface area contributed by atoms with Crippen LogP contribution in [0.2, 0.25) is 0 Å². The van der Waals surface area contributed by atoms with Crippen LogP contribution in [-0.2, 0) is 0 Å². The summed E-state index contributed by atoms with van der Waals surface area (Å²) >= 11 is 0. The van der Waals surface area contributed by atoms with Gasteiger partial charge in [-0.25, -0.2) is 0 Å². The molecule has 0 aliphatic heterocycles. The molecule has 0 bridgehead atoms. The van der Waals surface area contributed by atoms with Gasteiger partial charge in [-0.05, 0) is 31.0 Å². The Labute approximate surface area is 91.2 Å². The number of hydrogen-bond donors (Lipinski definition) is 1. The van der Waals surface area contributed by atoms with Gasteiger partial charge in [-0.1, -0.05) is 6.92 Å². The summed E-state index contributed by atoms with van der Waals surface area (Å²) in [7, 11) is 3.31. The summed E-state index contributed by atoms with van der Waals surface area (Å²) in [5, 5.41) is 0. The number of nitrogens with two attached hydrogens (primary N) is 1. The largest absolute Gasteiger partial charge is 0.496 e. The van der Waals surface area contributed by atoms with E-state index in [0.29, 0.717) is 0 Å². The summed E-state index contributed by atoms with van der Waals surface area (Å²) in [6.07, 6.45) is 0.857. The zero-order valence-corrected chi connectivity index (χ0v) is 9.83. The van der Waals surface area contributed by atoms with E-state index in [9.17, 15) is 0 Å². The van der Waals surface area contributed by atoms with Crippen molar-refractivity contribution in [2.75, 3.05) is 14.2 Å². The minimum absolute atomic E-state index is 0.0458. The quantitative estimate of drug-likeness (QED) is 0.828. The van der Waals surface area contributed by atoms with Crippen molar-refractivity contribution in [3.8, 4) is 11.5 Å². The number of ether oxygens (including phenoxy) is 2. The van der Waals surface area contributed by atoms with Gasteiger partial charge < -0.3 is 15.2 Å². The second-order valence-corrected chi connectivity index (χ2v) is 3.60. The molecule has 1 atom stereocenters. The molecule has 0 amide bonds. The maximum Gasteiger partial charge on any atom is 0.127 e. The highest BCUT2D eigenvalue weighted by atomic mass is 16.5. The Morgan fingerprint density at radius 1 is 1.20 bits per heavy atom. The molecule has 15 heavy (non-hydrogen) atoms. The van der Waals surface area contributed by atoms with Crippen LogP contribution in [0.3, 0.4) is 0 Å². The van der Waals surface area contributed by atoms with Crippen LogP contribution in [-0.4, -0.2) is 14.2 Å². The topological polar surface area (TPSA) is 44.5 Å².